The van der Waals surface area contributed by atoms with Crippen molar-refractivity contribution in [2.45, 2.75) is 32.2 Å². The third-order valence-corrected chi connectivity index (χ3v) is 3.41. The second kappa shape index (κ2) is 5.41. The van der Waals surface area contributed by atoms with E-state index in [4.69, 9.17) is 11.6 Å². The quantitative estimate of drug-likeness (QED) is 0.811. The van der Waals surface area contributed by atoms with Crippen LogP contribution in [-0.2, 0) is 0 Å². The van der Waals surface area contributed by atoms with Crippen LogP contribution in [0.1, 0.15) is 26.2 Å². The van der Waals surface area contributed by atoms with Crippen LogP contribution in [-0.4, -0.2) is 23.5 Å². The van der Waals surface area contributed by atoms with Crippen molar-refractivity contribution >= 4 is 23.3 Å². The molecule has 2 amide bonds. The predicted molar refractivity (Wildman–Crippen MR) is 70.5 cm³/mol. The molecule has 92 valence electrons. The average Bonchev–Trinajstić information content (AvgIpc) is 2.32. The minimum Gasteiger partial charge on any atom is -0.322 e. The van der Waals surface area contributed by atoms with Crippen LogP contribution in [0.2, 0.25) is 5.02 Å². The fourth-order valence-electron chi connectivity index (χ4n) is 2.13. The van der Waals surface area contributed by atoms with Gasteiger partial charge in [0.2, 0.25) is 0 Å². The summed E-state index contributed by atoms with van der Waals surface area (Å²) in [5.41, 5.74) is 0.789. The zero-order valence-electron chi connectivity index (χ0n) is 9.95. The number of urea groups is 1. The van der Waals surface area contributed by atoms with Crippen LogP contribution in [0.25, 0.3) is 0 Å². The van der Waals surface area contributed by atoms with Gasteiger partial charge in [-0.1, -0.05) is 11.6 Å². The molecule has 17 heavy (non-hydrogen) atoms. The molecule has 1 aromatic carbocycles. The standard InChI is InChI=1S/C13H17ClN2O/c1-10-4-2-3-9-16(10)13(17)15-12-7-5-11(14)6-8-12/h5-8,10H,2-4,9H2,1H3,(H,15,17)/t10-/m1/s1. The summed E-state index contributed by atoms with van der Waals surface area (Å²) in [5, 5.41) is 3.57. The molecule has 0 saturated carbocycles. The van der Waals surface area contributed by atoms with Crippen LogP contribution < -0.4 is 5.32 Å². The van der Waals surface area contributed by atoms with Crippen molar-refractivity contribution in [2.75, 3.05) is 11.9 Å². The highest BCUT2D eigenvalue weighted by molar-refractivity contribution is 6.30. The molecule has 1 aromatic rings. The number of carbonyl (C=O) groups is 1. The molecule has 0 aliphatic carbocycles. The molecule has 0 radical (unpaired) electrons. The molecule has 0 bridgehead atoms. The Morgan fingerprint density at radius 1 is 1.35 bits per heavy atom. The number of anilines is 1. The number of carbonyl (C=O) groups excluding carboxylic acids is 1. The van der Waals surface area contributed by atoms with Crippen molar-refractivity contribution < 1.29 is 4.79 Å². The fourth-order valence-corrected chi connectivity index (χ4v) is 2.25. The van der Waals surface area contributed by atoms with E-state index < -0.39 is 0 Å². The van der Waals surface area contributed by atoms with Gasteiger partial charge in [0.05, 0.1) is 0 Å². The van der Waals surface area contributed by atoms with E-state index in [9.17, 15) is 4.79 Å². The van der Waals surface area contributed by atoms with Crippen molar-refractivity contribution in [2.24, 2.45) is 0 Å². The van der Waals surface area contributed by atoms with Gasteiger partial charge in [0.1, 0.15) is 0 Å². The minimum absolute atomic E-state index is 0.0143. The van der Waals surface area contributed by atoms with Crippen LogP contribution in [0.5, 0.6) is 0 Å². The minimum atomic E-state index is -0.0143. The summed E-state index contributed by atoms with van der Waals surface area (Å²) in [6.45, 7) is 2.95. The highest BCUT2D eigenvalue weighted by atomic mass is 35.5. The fraction of sp³-hybridized carbons (Fsp3) is 0.462. The molecule has 1 aliphatic heterocycles. The molecule has 2 rings (SSSR count). The van der Waals surface area contributed by atoms with Crippen molar-refractivity contribution in [1.29, 1.82) is 0 Å². The number of hydrogen-bond acceptors (Lipinski definition) is 1. The van der Waals surface area contributed by atoms with E-state index in [1.165, 1.54) is 6.42 Å². The van der Waals surface area contributed by atoms with Gasteiger partial charge in [-0.3, -0.25) is 0 Å². The lowest BCUT2D eigenvalue weighted by atomic mass is 10.0. The molecular weight excluding hydrogens is 236 g/mol. The molecule has 0 spiro atoms. The Bertz CT molecular complexity index is 391. The third kappa shape index (κ3) is 3.13. The van der Waals surface area contributed by atoms with Crippen LogP contribution in [0.15, 0.2) is 24.3 Å². The maximum Gasteiger partial charge on any atom is 0.322 e. The van der Waals surface area contributed by atoms with Gasteiger partial charge < -0.3 is 10.2 Å². The highest BCUT2D eigenvalue weighted by Crippen LogP contribution is 2.19. The normalized spacial score (nSPS) is 20.1. The maximum absolute atomic E-state index is 12.0. The lowest BCUT2D eigenvalue weighted by Gasteiger charge is -2.33. The molecule has 4 heteroatoms. The van der Waals surface area contributed by atoms with Gasteiger partial charge in [-0.05, 0) is 50.5 Å². The van der Waals surface area contributed by atoms with Crippen LogP contribution in [0, 0.1) is 0 Å². The first-order chi connectivity index (χ1) is 8.16. The lowest BCUT2D eigenvalue weighted by Crippen LogP contribution is -2.44. The van der Waals surface area contributed by atoms with E-state index >= 15 is 0 Å². The highest BCUT2D eigenvalue weighted by Gasteiger charge is 2.22. The van der Waals surface area contributed by atoms with Crippen LogP contribution >= 0.6 is 11.6 Å². The Morgan fingerprint density at radius 2 is 2.06 bits per heavy atom. The molecule has 1 fully saturated rings. The van der Waals surface area contributed by atoms with E-state index in [0.29, 0.717) is 11.1 Å². The number of benzene rings is 1. The topological polar surface area (TPSA) is 32.3 Å². The van der Waals surface area contributed by atoms with E-state index in [0.717, 1.165) is 25.1 Å². The van der Waals surface area contributed by atoms with Crippen LogP contribution in [0.3, 0.4) is 0 Å². The third-order valence-electron chi connectivity index (χ3n) is 3.16. The van der Waals surface area contributed by atoms with E-state index in [-0.39, 0.29) is 6.03 Å². The van der Waals surface area contributed by atoms with E-state index in [1.807, 2.05) is 17.0 Å². The van der Waals surface area contributed by atoms with Crippen molar-refractivity contribution in [3.63, 3.8) is 0 Å². The zero-order chi connectivity index (χ0) is 12.3. The van der Waals surface area contributed by atoms with Crippen LogP contribution in [0.4, 0.5) is 10.5 Å². The summed E-state index contributed by atoms with van der Waals surface area (Å²) in [6, 6.07) is 7.49. The number of hydrogen-bond donors (Lipinski definition) is 1. The van der Waals surface area contributed by atoms with Crippen molar-refractivity contribution in [3.8, 4) is 0 Å². The number of likely N-dealkylation sites (tertiary alicyclic amines) is 1. The summed E-state index contributed by atoms with van der Waals surface area (Å²) in [4.78, 5) is 13.9. The number of nitrogens with zero attached hydrogens (tertiary/aromatic N) is 1. The summed E-state index contributed by atoms with van der Waals surface area (Å²) < 4.78 is 0. The average molecular weight is 253 g/mol. The second-order valence-electron chi connectivity index (χ2n) is 4.48. The Labute approximate surface area is 107 Å². The van der Waals surface area contributed by atoms with Crippen molar-refractivity contribution in [3.05, 3.63) is 29.3 Å². The largest absolute Gasteiger partial charge is 0.322 e. The molecule has 3 nitrogen and oxygen atoms in total. The summed E-state index contributed by atoms with van der Waals surface area (Å²) >= 11 is 5.80. The molecule has 1 saturated heterocycles. The molecule has 0 aromatic heterocycles. The zero-order valence-corrected chi connectivity index (χ0v) is 10.7. The van der Waals surface area contributed by atoms with E-state index in [2.05, 4.69) is 12.2 Å². The molecule has 1 atom stereocenters. The number of halogens is 1. The van der Waals surface area contributed by atoms with Crippen molar-refractivity contribution in [1.82, 2.24) is 4.90 Å². The van der Waals surface area contributed by atoms with Gasteiger partial charge in [0.25, 0.3) is 0 Å². The molecule has 0 unspecified atom stereocenters. The number of nitrogens with one attached hydrogen (secondary N) is 1. The Hall–Kier alpha value is -1.22. The summed E-state index contributed by atoms with van der Waals surface area (Å²) in [5.74, 6) is 0. The van der Waals surface area contributed by atoms with Gasteiger partial charge in [-0.15, -0.1) is 0 Å². The first-order valence-corrected chi connectivity index (χ1v) is 6.38. The monoisotopic (exact) mass is 252 g/mol. The van der Waals surface area contributed by atoms with Gasteiger partial charge in [0, 0.05) is 23.3 Å². The second-order valence-corrected chi connectivity index (χ2v) is 4.91. The van der Waals surface area contributed by atoms with Gasteiger partial charge in [0.15, 0.2) is 0 Å². The summed E-state index contributed by atoms with van der Waals surface area (Å²) in [7, 11) is 0. The molecule has 1 aliphatic rings. The summed E-state index contributed by atoms with van der Waals surface area (Å²) in [6.07, 6.45) is 3.40. The number of amides is 2. The van der Waals surface area contributed by atoms with Gasteiger partial charge >= 0.3 is 6.03 Å². The number of piperidine rings is 1. The lowest BCUT2D eigenvalue weighted by molar-refractivity contribution is 0.170. The number of rotatable bonds is 1. The van der Waals surface area contributed by atoms with Gasteiger partial charge in [-0.25, -0.2) is 4.79 Å². The Morgan fingerprint density at radius 3 is 2.71 bits per heavy atom. The molecule has 1 heterocycles. The molecule has 1 N–H and O–H groups in total. The molecular formula is C13H17ClN2O. The first kappa shape index (κ1) is 12.2. The Balaban J connectivity index is 1.98. The smallest absolute Gasteiger partial charge is 0.322 e. The van der Waals surface area contributed by atoms with Gasteiger partial charge in [-0.2, -0.15) is 0 Å². The van der Waals surface area contributed by atoms with E-state index in [1.54, 1.807) is 12.1 Å². The Kier molecular flexibility index (Phi) is 3.89. The first-order valence-electron chi connectivity index (χ1n) is 6.00. The predicted octanol–water partition coefficient (Wildman–Crippen LogP) is 3.75. The SMILES string of the molecule is C[C@@H]1CCCCN1C(=O)Nc1ccc(Cl)cc1. The maximum atomic E-state index is 12.0.